The molecule has 0 bridgehead atoms. The number of hydrogen-bond donors (Lipinski definition) is 1. The fourth-order valence-electron chi connectivity index (χ4n) is 1.80. The molecule has 0 fully saturated rings. The van der Waals surface area contributed by atoms with Crippen molar-refractivity contribution in [3.05, 3.63) is 28.4 Å². The van der Waals surface area contributed by atoms with Gasteiger partial charge in [0, 0.05) is 19.2 Å². The molecule has 1 atom stereocenters. The topological polar surface area (TPSA) is 96.6 Å². The van der Waals surface area contributed by atoms with Gasteiger partial charge in [0.1, 0.15) is 12.0 Å². The number of nitro groups is 1. The first-order valence-electron chi connectivity index (χ1n) is 6.89. The lowest BCUT2D eigenvalue weighted by Crippen LogP contribution is -2.33. The summed E-state index contributed by atoms with van der Waals surface area (Å²) >= 11 is 0. The maximum atomic E-state index is 11.0. The Kier molecular flexibility index (Phi) is 6.08. The van der Waals surface area contributed by atoms with Crippen LogP contribution in [0.15, 0.2) is 18.3 Å². The number of carboxylic acids is 1. The molecule has 21 heavy (non-hydrogen) atoms. The van der Waals surface area contributed by atoms with Crippen LogP contribution in [-0.4, -0.2) is 34.1 Å². The highest BCUT2D eigenvalue weighted by Crippen LogP contribution is 2.18. The molecule has 1 heterocycles. The van der Waals surface area contributed by atoms with Crippen LogP contribution < -0.4 is 4.90 Å². The molecule has 1 rings (SSSR count). The molecule has 0 aliphatic rings. The predicted octanol–water partition coefficient (Wildman–Crippen LogP) is 2.56. The van der Waals surface area contributed by atoms with Crippen LogP contribution in [0.2, 0.25) is 0 Å². The first-order valence-corrected chi connectivity index (χ1v) is 6.89. The molecule has 116 valence electrons. The van der Waals surface area contributed by atoms with Gasteiger partial charge in [-0.15, -0.1) is 0 Å². The van der Waals surface area contributed by atoms with E-state index in [-0.39, 0.29) is 5.69 Å². The maximum Gasteiger partial charge on any atom is 0.308 e. The molecule has 0 saturated carbocycles. The Balaban J connectivity index is 2.88. The van der Waals surface area contributed by atoms with Gasteiger partial charge in [0.2, 0.25) is 0 Å². The molecule has 0 radical (unpaired) electrons. The minimum absolute atomic E-state index is 0.0751. The van der Waals surface area contributed by atoms with Crippen LogP contribution in [0.1, 0.15) is 27.2 Å². The van der Waals surface area contributed by atoms with Crippen LogP contribution >= 0.6 is 0 Å². The summed E-state index contributed by atoms with van der Waals surface area (Å²) in [7, 11) is 0. The van der Waals surface area contributed by atoms with E-state index in [9.17, 15) is 14.9 Å². The average molecular weight is 295 g/mol. The van der Waals surface area contributed by atoms with Gasteiger partial charge in [-0.1, -0.05) is 20.8 Å². The van der Waals surface area contributed by atoms with Crippen LogP contribution in [0, 0.1) is 22.0 Å². The summed E-state index contributed by atoms with van der Waals surface area (Å²) in [5.41, 5.74) is -0.0751. The lowest BCUT2D eigenvalue weighted by atomic mass is 10.1. The van der Waals surface area contributed by atoms with Gasteiger partial charge in [-0.3, -0.25) is 14.9 Å². The molecule has 0 aliphatic carbocycles. The highest BCUT2D eigenvalue weighted by molar-refractivity contribution is 5.70. The summed E-state index contributed by atoms with van der Waals surface area (Å²) in [6.07, 6.45) is 2.09. The quantitative estimate of drug-likeness (QED) is 0.585. The summed E-state index contributed by atoms with van der Waals surface area (Å²) in [4.78, 5) is 27.1. The minimum atomic E-state index is -0.869. The summed E-state index contributed by atoms with van der Waals surface area (Å²) in [5, 5.41) is 19.7. The summed E-state index contributed by atoms with van der Waals surface area (Å²) in [5.74, 6) is -0.361. The van der Waals surface area contributed by atoms with E-state index in [1.807, 2.05) is 4.90 Å². The van der Waals surface area contributed by atoms with Gasteiger partial charge in [-0.25, -0.2) is 4.98 Å². The Labute approximate surface area is 123 Å². The van der Waals surface area contributed by atoms with Crippen molar-refractivity contribution >= 4 is 17.5 Å². The number of carboxylic acid groups (broad SMARTS) is 1. The Morgan fingerprint density at radius 2 is 2.10 bits per heavy atom. The Bertz CT molecular complexity index is 487. The van der Waals surface area contributed by atoms with E-state index < -0.39 is 16.8 Å². The largest absolute Gasteiger partial charge is 0.481 e. The molecule has 1 aromatic heterocycles. The number of pyridine rings is 1. The molecule has 0 aliphatic heterocycles. The average Bonchev–Trinajstić information content (AvgIpc) is 2.42. The van der Waals surface area contributed by atoms with Crippen molar-refractivity contribution in [3.8, 4) is 0 Å². The van der Waals surface area contributed by atoms with Gasteiger partial charge < -0.3 is 10.0 Å². The zero-order valence-electron chi connectivity index (χ0n) is 12.5. The number of aliphatic carboxylic acids is 1. The minimum Gasteiger partial charge on any atom is -0.481 e. The van der Waals surface area contributed by atoms with Crippen molar-refractivity contribution in [2.24, 2.45) is 11.8 Å². The monoisotopic (exact) mass is 295 g/mol. The van der Waals surface area contributed by atoms with Crippen LogP contribution in [0.4, 0.5) is 11.5 Å². The third-order valence-electron chi connectivity index (χ3n) is 3.16. The molecule has 1 aromatic rings. The van der Waals surface area contributed by atoms with E-state index in [4.69, 9.17) is 5.11 Å². The summed E-state index contributed by atoms with van der Waals surface area (Å²) in [6.45, 7) is 6.80. The number of hydrogen-bond acceptors (Lipinski definition) is 5. The third-order valence-corrected chi connectivity index (χ3v) is 3.16. The zero-order chi connectivity index (χ0) is 16.0. The molecule has 0 saturated heterocycles. The number of aromatic nitrogens is 1. The normalized spacial score (nSPS) is 12.2. The standard InChI is InChI=1S/C14H21N3O4/c1-10(2)6-7-16(9-11(3)14(18)19)13-5-4-12(8-15-13)17(20)21/h4-5,8,10-11H,6-7,9H2,1-3H3,(H,18,19). The van der Waals surface area contributed by atoms with Gasteiger partial charge >= 0.3 is 5.97 Å². The summed E-state index contributed by atoms with van der Waals surface area (Å²) < 4.78 is 0. The molecular formula is C14H21N3O4. The maximum absolute atomic E-state index is 11.0. The van der Waals surface area contributed by atoms with Crippen LogP contribution in [-0.2, 0) is 4.79 Å². The molecule has 0 aromatic carbocycles. The van der Waals surface area contributed by atoms with Crippen LogP contribution in [0.3, 0.4) is 0 Å². The smallest absolute Gasteiger partial charge is 0.308 e. The second kappa shape index (κ2) is 7.56. The number of carbonyl (C=O) groups is 1. The fraction of sp³-hybridized carbons (Fsp3) is 0.571. The Hall–Kier alpha value is -2.18. The molecule has 0 amide bonds. The van der Waals surface area contributed by atoms with Gasteiger partial charge in [0.05, 0.1) is 10.8 Å². The van der Waals surface area contributed by atoms with Gasteiger partial charge in [-0.2, -0.15) is 0 Å². The van der Waals surface area contributed by atoms with E-state index in [2.05, 4.69) is 18.8 Å². The van der Waals surface area contributed by atoms with Crippen molar-refractivity contribution < 1.29 is 14.8 Å². The van der Waals surface area contributed by atoms with E-state index in [0.29, 0.717) is 24.8 Å². The fourth-order valence-corrected chi connectivity index (χ4v) is 1.80. The molecule has 7 heteroatoms. The first-order chi connectivity index (χ1) is 9.81. The van der Waals surface area contributed by atoms with Gasteiger partial charge in [0.25, 0.3) is 5.69 Å². The van der Waals surface area contributed by atoms with Crippen molar-refractivity contribution in [2.75, 3.05) is 18.0 Å². The molecule has 7 nitrogen and oxygen atoms in total. The highest BCUT2D eigenvalue weighted by atomic mass is 16.6. The van der Waals surface area contributed by atoms with E-state index in [0.717, 1.165) is 6.42 Å². The Morgan fingerprint density at radius 3 is 2.52 bits per heavy atom. The molecule has 1 unspecified atom stereocenters. The summed E-state index contributed by atoms with van der Waals surface area (Å²) in [6, 6.07) is 2.95. The second-order valence-corrected chi connectivity index (χ2v) is 5.50. The number of rotatable bonds is 8. The van der Waals surface area contributed by atoms with E-state index in [1.165, 1.54) is 12.3 Å². The Morgan fingerprint density at radius 1 is 1.43 bits per heavy atom. The lowest BCUT2D eigenvalue weighted by molar-refractivity contribution is -0.385. The molecule has 1 N–H and O–H groups in total. The van der Waals surface area contributed by atoms with Crippen molar-refractivity contribution in [3.63, 3.8) is 0 Å². The van der Waals surface area contributed by atoms with Crippen LogP contribution in [0.5, 0.6) is 0 Å². The van der Waals surface area contributed by atoms with Gasteiger partial charge in [0.15, 0.2) is 0 Å². The van der Waals surface area contributed by atoms with Crippen molar-refractivity contribution in [1.82, 2.24) is 4.98 Å². The highest BCUT2D eigenvalue weighted by Gasteiger charge is 2.18. The van der Waals surface area contributed by atoms with E-state index in [1.54, 1.807) is 13.0 Å². The zero-order valence-corrected chi connectivity index (χ0v) is 12.5. The third kappa shape index (κ3) is 5.37. The van der Waals surface area contributed by atoms with E-state index >= 15 is 0 Å². The lowest BCUT2D eigenvalue weighted by Gasteiger charge is -2.26. The second-order valence-electron chi connectivity index (χ2n) is 5.50. The number of anilines is 1. The van der Waals surface area contributed by atoms with Gasteiger partial charge in [-0.05, 0) is 18.4 Å². The van der Waals surface area contributed by atoms with Crippen molar-refractivity contribution in [1.29, 1.82) is 0 Å². The van der Waals surface area contributed by atoms with Crippen molar-refractivity contribution in [2.45, 2.75) is 27.2 Å². The van der Waals surface area contributed by atoms with Crippen LogP contribution in [0.25, 0.3) is 0 Å². The first kappa shape index (κ1) is 16.9. The molecule has 0 spiro atoms. The SMILES string of the molecule is CC(C)CCN(CC(C)C(=O)O)c1ccc([N+](=O)[O-])cn1. The molecular weight excluding hydrogens is 274 g/mol. The number of nitrogens with zero attached hydrogens (tertiary/aromatic N) is 3. The predicted molar refractivity (Wildman–Crippen MR) is 79.4 cm³/mol.